The standard InChI is InChI=1S/C24H30Cl2N2O2/c1-5-6-11-27-24(30)18(4)28(15-20-9-10-21(25)22(26)13-20)23(29)14-19-8-7-16(2)17(3)12-19/h7-10,12-13,18H,5-6,11,14-15H2,1-4H3,(H,27,30)/t18-/m0/s1. The Bertz CT molecular complexity index is 899. The lowest BCUT2D eigenvalue weighted by atomic mass is 10.0. The number of unbranched alkanes of at least 4 members (excludes halogenated alkanes) is 1. The van der Waals surface area contributed by atoms with E-state index >= 15 is 0 Å². The fraction of sp³-hybridized carbons (Fsp3) is 0.417. The van der Waals surface area contributed by atoms with Crippen molar-refractivity contribution in [1.29, 1.82) is 0 Å². The third kappa shape index (κ3) is 6.75. The number of aryl methyl sites for hydroxylation is 2. The summed E-state index contributed by atoms with van der Waals surface area (Å²) >= 11 is 12.2. The number of halogens is 2. The van der Waals surface area contributed by atoms with Crippen molar-refractivity contribution in [3.63, 3.8) is 0 Å². The van der Waals surface area contributed by atoms with E-state index in [-0.39, 0.29) is 24.8 Å². The zero-order valence-corrected chi connectivity index (χ0v) is 19.6. The van der Waals surface area contributed by atoms with Crippen molar-refractivity contribution in [1.82, 2.24) is 10.2 Å². The minimum atomic E-state index is -0.602. The van der Waals surface area contributed by atoms with Gasteiger partial charge >= 0.3 is 0 Å². The first-order valence-electron chi connectivity index (χ1n) is 10.3. The van der Waals surface area contributed by atoms with E-state index in [0.717, 1.165) is 29.5 Å². The molecule has 0 aliphatic heterocycles. The van der Waals surface area contributed by atoms with Crippen LogP contribution in [0.5, 0.6) is 0 Å². The minimum absolute atomic E-state index is 0.109. The van der Waals surface area contributed by atoms with Gasteiger partial charge in [0.1, 0.15) is 6.04 Å². The van der Waals surface area contributed by atoms with E-state index in [1.807, 2.05) is 38.1 Å². The fourth-order valence-corrected chi connectivity index (χ4v) is 3.46. The van der Waals surface area contributed by atoms with Crippen LogP contribution < -0.4 is 5.32 Å². The Morgan fingerprint density at radius 1 is 1.00 bits per heavy atom. The van der Waals surface area contributed by atoms with E-state index in [0.29, 0.717) is 16.6 Å². The van der Waals surface area contributed by atoms with E-state index in [4.69, 9.17) is 23.2 Å². The third-order valence-electron chi connectivity index (χ3n) is 5.26. The third-order valence-corrected chi connectivity index (χ3v) is 6.00. The number of nitrogens with one attached hydrogen (secondary N) is 1. The predicted octanol–water partition coefficient (Wildman–Crippen LogP) is 5.49. The summed E-state index contributed by atoms with van der Waals surface area (Å²) in [5, 5.41) is 3.81. The lowest BCUT2D eigenvalue weighted by molar-refractivity contribution is -0.140. The second kappa shape index (κ2) is 11.4. The van der Waals surface area contributed by atoms with Gasteiger partial charge in [-0.25, -0.2) is 0 Å². The molecule has 1 atom stereocenters. The van der Waals surface area contributed by atoms with Crippen molar-refractivity contribution in [3.05, 3.63) is 68.7 Å². The molecular formula is C24H30Cl2N2O2. The Morgan fingerprint density at radius 3 is 2.33 bits per heavy atom. The summed E-state index contributed by atoms with van der Waals surface area (Å²) in [4.78, 5) is 27.5. The maximum atomic E-state index is 13.2. The van der Waals surface area contributed by atoms with Gasteiger partial charge in [-0.05, 0) is 61.6 Å². The first-order chi connectivity index (χ1) is 14.2. The Hall–Kier alpha value is -2.04. The summed E-state index contributed by atoms with van der Waals surface area (Å²) in [5.74, 6) is -0.264. The molecule has 0 aliphatic rings. The largest absolute Gasteiger partial charge is 0.354 e. The second-order valence-electron chi connectivity index (χ2n) is 7.69. The van der Waals surface area contributed by atoms with Crippen LogP contribution in [0.2, 0.25) is 10.0 Å². The van der Waals surface area contributed by atoms with Gasteiger partial charge < -0.3 is 10.2 Å². The number of rotatable bonds is 9. The van der Waals surface area contributed by atoms with E-state index in [2.05, 4.69) is 12.2 Å². The molecule has 0 aliphatic carbocycles. The number of benzene rings is 2. The van der Waals surface area contributed by atoms with E-state index in [1.54, 1.807) is 24.0 Å². The SMILES string of the molecule is CCCCNC(=O)[C@H](C)N(Cc1ccc(Cl)c(Cl)c1)C(=O)Cc1ccc(C)c(C)c1. The number of amides is 2. The van der Waals surface area contributed by atoms with E-state index < -0.39 is 6.04 Å². The second-order valence-corrected chi connectivity index (χ2v) is 8.50. The molecule has 0 saturated heterocycles. The van der Waals surface area contributed by atoms with Crippen LogP contribution in [0.4, 0.5) is 0 Å². The highest BCUT2D eigenvalue weighted by atomic mass is 35.5. The van der Waals surface area contributed by atoms with Crippen LogP contribution in [-0.2, 0) is 22.6 Å². The average molecular weight is 449 g/mol. The Balaban J connectivity index is 2.23. The van der Waals surface area contributed by atoms with Crippen molar-refractivity contribution >= 4 is 35.0 Å². The van der Waals surface area contributed by atoms with Crippen molar-refractivity contribution in [2.75, 3.05) is 6.54 Å². The molecule has 0 unspecified atom stereocenters. The number of hydrogen-bond acceptors (Lipinski definition) is 2. The molecule has 4 nitrogen and oxygen atoms in total. The van der Waals surface area contributed by atoms with Crippen molar-refractivity contribution in [2.45, 2.75) is 59.5 Å². The van der Waals surface area contributed by atoms with Gasteiger partial charge in [0, 0.05) is 13.1 Å². The van der Waals surface area contributed by atoms with Gasteiger partial charge in [-0.1, -0.05) is 60.8 Å². The van der Waals surface area contributed by atoms with Crippen molar-refractivity contribution < 1.29 is 9.59 Å². The molecule has 0 fully saturated rings. The zero-order chi connectivity index (χ0) is 22.3. The van der Waals surface area contributed by atoms with Gasteiger partial charge in [0.15, 0.2) is 0 Å². The highest BCUT2D eigenvalue weighted by Gasteiger charge is 2.26. The molecule has 2 amide bonds. The predicted molar refractivity (Wildman–Crippen MR) is 124 cm³/mol. The molecule has 30 heavy (non-hydrogen) atoms. The molecule has 0 spiro atoms. The number of carbonyl (C=O) groups excluding carboxylic acids is 2. The molecule has 1 N–H and O–H groups in total. The first-order valence-corrected chi connectivity index (χ1v) is 11.1. The maximum Gasteiger partial charge on any atom is 0.242 e. The van der Waals surface area contributed by atoms with Crippen LogP contribution in [0.3, 0.4) is 0 Å². The quantitative estimate of drug-likeness (QED) is 0.515. The Labute approximate surface area is 189 Å². The van der Waals surface area contributed by atoms with Gasteiger partial charge in [-0.2, -0.15) is 0 Å². The lowest BCUT2D eigenvalue weighted by Gasteiger charge is -2.29. The molecular weight excluding hydrogens is 419 g/mol. The minimum Gasteiger partial charge on any atom is -0.354 e. The summed E-state index contributed by atoms with van der Waals surface area (Å²) in [5.41, 5.74) is 4.08. The molecule has 0 heterocycles. The molecule has 2 rings (SSSR count). The van der Waals surface area contributed by atoms with Gasteiger partial charge in [0.25, 0.3) is 0 Å². The Kier molecular flexibility index (Phi) is 9.19. The topological polar surface area (TPSA) is 49.4 Å². The monoisotopic (exact) mass is 448 g/mol. The molecule has 2 aromatic carbocycles. The average Bonchev–Trinajstić information content (AvgIpc) is 2.71. The van der Waals surface area contributed by atoms with Crippen LogP contribution in [0, 0.1) is 13.8 Å². The first kappa shape index (κ1) is 24.2. The summed E-state index contributed by atoms with van der Waals surface area (Å²) in [6, 6.07) is 10.7. The highest BCUT2D eigenvalue weighted by Crippen LogP contribution is 2.24. The van der Waals surface area contributed by atoms with Gasteiger partial charge in [0.2, 0.25) is 11.8 Å². The maximum absolute atomic E-state index is 13.2. The van der Waals surface area contributed by atoms with Gasteiger partial charge in [-0.3, -0.25) is 9.59 Å². The van der Waals surface area contributed by atoms with Gasteiger partial charge in [0.05, 0.1) is 16.5 Å². The van der Waals surface area contributed by atoms with Crippen molar-refractivity contribution in [2.24, 2.45) is 0 Å². The lowest BCUT2D eigenvalue weighted by Crippen LogP contribution is -2.48. The van der Waals surface area contributed by atoms with E-state index in [1.165, 1.54) is 5.56 Å². The molecule has 0 bridgehead atoms. The van der Waals surface area contributed by atoms with Crippen LogP contribution >= 0.6 is 23.2 Å². The fourth-order valence-electron chi connectivity index (χ4n) is 3.14. The molecule has 6 heteroatoms. The van der Waals surface area contributed by atoms with Crippen LogP contribution in [0.15, 0.2) is 36.4 Å². The van der Waals surface area contributed by atoms with Crippen LogP contribution in [-0.4, -0.2) is 29.3 Å². The summed E-state index contributed by atoms with van der Waals surface area (Å²) in [6.07, 6.45) is 2.13. The smallest absolute Gasteiger partial charge is 0.242 e. The number of hydrogen-bond donors (Lipinski definition) is 1. The number of nitrogens with zero attached hydrogens (tertiary/aromatic N) is 1. The summed E-state index contributed by atoms with van der Waals surface area (Å²) in [6.45, 7) is 8.78. The highest BCUT2D eigenvalue weighted by molar-refractivity contribution is 6.42. The summed E-state index contributed by atoms with van der Waals surface area (Å²) in [7, 11) is 0. The molecule has 162 valence electrons. The molecule has 2 aromatic rings. The summed E-state index contributed by atoms with van der Waals surface area (Å²) < 4.78 is 0. The van der Waals surface area contributed by atoms with E-state index in [9.17, 15) is 9.59 Å². The zero-order valence-electron chi connectivity index (χ0n) is 18.1. The normalized spacial score (nSPS) is 11.8. The molecule has 0 aromatic heterocycles. The number of carbonyl (C=O) groups is 2. The van der Waals surface area contributed by atoms with Crippen molar-refractivity contribution in [3.8, 4) is 0 Å². The van der Waals surface area contributed by atoms with Crippen LogP contribution in [0.1, 0.15) is 48.9 Å². The molecule has 0 radical (unpaired) electrons. The molecule has 0 saturated carbocycles. The Morgan fingerprint density at radius 2 is 1.70 bits per heavy atom. The van der Waals surface area contributed by atoms with Gasteiger partial charge in [-0.15, -0.1) is 0 Å². The van der Waals surface area contributed by atoms with Crippen LogP contribution in [0.25, 0.3) is 0 Å².